The van der Waals surface area contributed by atoms with Crippen molar-refractivity contribution in [1.29, 1.82) is 0 Å². The summed E-state index contributed by atoms with van der Waals surface area (Å²) in [5, 5.41) is 8.78. The molecule has 1 N–H and O–H groups in total. The van der Waals surface area contributed by atoms with Crippen LogP contribution in [0.15, 0.2) is 12.1 Å². The van der Waals surface area contributed by atoms with Gasteiger partial charge in [0.15, 0.2) is 0 Å². The van der Waals surface area contributed by atoms with E-state index in [2.05, 4.69) is 11.0 Å². The average molecular weight is 208 g/mol. The summed E-state index contributed by atoms with van der Waals surface area (Å²) in [6.07, 6.45) is 0. The van der Waals surface area contributed by atoms with Gasteiger partial charge in [-0.1, -0.05) is 0 Å². The minimum absolute atomic E-state index is 0. The van der Waals surface area contributed by atoms with Gasteiger partial charge >= 0.3 is 0 Å². The minimum atomic E-state index is 0. The first-order chi connectivity index (χ1) is 5.22. The molecule has 1 aromatic rings. The lowest BCUT2D eigenvalue weighted by Crippen LogP contribution is -2.09. The lowest BCUT2D eigenvalue weighted by Gasteiger charge is -2.05. The van der Waals surface area contributed by atoms with Crippen molar-refractivity contribution in [3.8, 4) is 0 Å². The molecule has 70 valence electrons. The Balaban J connectivity index is 0.00000121. The molecule has 12 heavy (non-hydrogen) atoms. The van der Waals surface area contributed by atoms with E-state index in [1.807, 2.05) is 20.2 Å². The molecule has 4 heteroatoms. The van der Waals surface area contributed by atoms with Crippen molar-refractivity contribution in [3.05, 3.63) is 21.9 Å². The Morgan fingerprint density at radius 1 is 1.33 bits per heavy atom. The highest BCUT2D eigenvalue weighted by molar-refractivity contribution is 7.11. The summed E-state index contributed by atoms with van der Waals surface area (Å²) in [6.45, 7) is 1.13. The molecule has 0 aliphatic heterocycles. The van der Waals surface area contributed by atoms with E-state index >= 15 is 0 Å². The maximum absolute atomic E-state index is 8.78. The van der Waals surface area contributed by atoms with Crippen LogP contribution in [-0.2, 0) is 13.2 Å². The second-order valence-electron chi connectivity index (χ2n) is 2.76. The monoisotopic (exact) mass is 207 g/mol. The predicted molar refractivity (Wildman–Crippen MR) is 54.9 cm³/mol. The van der Waals surface area contributed by atoms with Crippen LogP contribution in [-0.4, -0.2) is 24.1 Å². The van der Waals surface area contributed by atoms with Crippen LogP contribution in [0.2, 0.25) is 0 Å². The van der Waals surface area contributed by atoms with Crippen LogP contribution in [0.25, 0.3) is 0 Å². The summed E-state index contributed by atoms with van der Waals surface area (Å²) in [5.74, 6) is 0. The van der Waals surface area contributed by atoms with Gasteiger partial charge in [-0.2, -0.15) is 0 Å². The van der Waals surface area contributed by atoms with Crippen LogP contribution < -0.4 is 0 Å². The zero-order valence-electron chi connectivity index (χ0n) is 7.28. The van der Waals surface area contributed by atoms with E-state index in [4.69, 9.17) is 5.11 Å². The Kier molecular flexibility index (Phi) is 5.50. The van der Waals surface area contributed by atoms with Gasteiger partial charge < -0.3 is 10.0 Å². The molecular weight excluding hydrogens is 194 g/mol. The van der Waals surface area contributed by atoms with E-state index in [0.29, 0.717) is 0 Å². The molecule has 0 fully saturated rings. The summed E-state index contributed by atoms with van der Waals surface area (Å²) >= 11 is 1.67. The van der Waals surface area contributed by atoms with Crippen molar-refractivity contribution in [1.82, 2.24) is 4.90 Å². The van der Waals surface area contributed by atoms with E-state index in [1.165, 1.54) is 4.88 Å². The van der Waals surface area contributed by atoms with Gasteiger partial charge in [0.2, 0.25) is 0 Å². The molecule has 0 aliphatic carbocycles. The predicted octanol–water partition coefficient (Wildman–Crippen LogP) is 1.72. The van der Waals surface area contributed by atoms with Gasteiger partial charge in [0, 0.05) is 16.3 Å². The van der Waals surface area contributed by atoms with Crippen LogP contribution in [0.4, 0.5) is 0 Å². The molecule has 1 rings (SSSR count). The molecule has 0 aliphatic rings. The second-order valence-corrected chi connectivity index (χ2v) is 4.02. The highest BCUT2D eigenvalue weighted by Gasteiger charge is 1.99. The topological polar surface area (TPSA) is 23.5 Å². The number of aliphatic hydroxyl groups excluding tert-OH is 1. The summed E-state index contributed by atoms with van der Waals surface area (Å²) in [4.78, 5) is 4.47. The Hall–Kier alpha value is -0.0900. The van der Waals surface area contributed by atoms with Gasteiger partial charge in [0.05, 0.1) is 6.61 Å². The molecule has 0 unspecified atom stereocenters. The largest absolute Gasteiger partial charge is 0.391 e. The van der Waals surface area contributed by atoms with E-state index in [1.54, 1.807) is 11.3 Å². The standard InChI is InChI=1S/C8H13NOS.ClH/c1-9(2)5-7-3-4-8(6-10)11-7;/h3-4,10H,5-6H2,1-2H3;1H. The van der Waals surface area contributed by atoms with Gasteiger partial charge in [-0.3, -0.25) is 0 Å². The average Bonchev–Trinajstić information content (AvgIpc) is 2.34. The molecule has 1 aromatic heterocycles. The molecule has 0 atom stereocenters. The molecule has 0 bridgehead atoms. The lowest BCUT2D eigenvalue weighted by molar-refractivity contribution is 0.285. The van der Waals surface area contributed by atoms with Crippen LogP contribution in [0.3, 0.4) is 0 Å². The van der Waals surface area contributed by atoms with Gasteiger partial charge in [-0.05, 0) is 26.2 Å². The lowest BCUT2D eigenvalue weighted by atomic mass is 10.4. The first kappa shape index (κ1) is 11.9. The summed E-state index contributed by atoms with van der Waals surface area (Å²) in [5.41, 5.74) is 0. The zero-order valence-corrected chi connectivity index (χ0v) is 8.91. The Bertz CT molecular complexity index is 225. The molecule has 2 nitrogen and oxygen atoms in total. The van der Waals surface area contributed by atoms with E-state index in [-0.39, 0.29) is 19.0 Å². The molecular formula is C8H14ClNOS. The number of aliphatic hydroxyl groups is 1. The van der Waals surface area contributed by atoms with E-state index in [0.717, 1.165) is 11.4 Å². The van der Waals surface area contributed by atoms with Crippen molar-refractivity contribution >= 4 is 23.7 Å². The molecule has 0 spiro atoms. The SMILES string of the molecule is CN(C)Cc1ccc(CO)s1.Cl. The third-order valence-corrected chi connectivity index (χ3v) is 2.40. The minimum Gasteiger partial charge on any atom is -0.391 e. The number of hydrogen-bond acceptors (Lipinski definition) is 3. The molecule has 0 radical (unpaired) electrons. The fourth-order valence-electron chi connectivity index (χ4n) is 0.904. The Morgan fingerprint density at radius 2 is 1.92 bits per heavy atom. The summed E-state index contributed by atoms with van der Waals surface area (Å²) in [6, 6.07) is 4.04. The van der Waals surface area contributed by atoms with E-state index in [9.17, 15) is 0 Å². The van der Waals surface area contributed by atoms with Crippen LogP contribution >= 0.6 is 23.7 Å². The Labute approximate surface area is 83.2 Å². The van der Waals surface area contributed by atoms with Gasteiger partial charge in [-0.25, -0.2) is 0 Å². The maximum Gasteiger partial charge on any atom is 0.0774 e. The summed E-state index contributed by atoms with van der Waals surface area (Å²) < 4.78 is 0. The quantitative estimate of drug-likeness (QED) is 0.816. The van der Waals surface area contributed by atoms with Crippen LogP contribution in [0.5, 0.6) is 0 Å². The molecule has 0 aromatic carbocycles. The first-order valence-corrected chi connectivity index (χ1v) is 4.37. The number of halogens is 1. The zero-order chi connectivity index (χ0) is 8.27. The molecule has 1 heterocycles. The highest BCUT2D eigenvalue weighted by Crippen LogP contribution is 2.16. The fraction of sp³-hybridized carbons (Fsp3) is 0.500. The highest BCUT2D eigenvalue weighted by atomic mass is 35.5. The number of rotatable bonds is 3. The molecule has 0 saturated carbocycles. The van der Waals surface area contributed by atoms with Crippen molar-refractivity contribution in [2.75, 3.05) is 14.1 Å². The molecule has 0 saturated heterocycles. The van der Waals surface area contributed by atoms with Crippen molar-refractivity contribution in [3.63, 3.8) is 0 Å². The number of thiophene rings is 1. The number of hydrogen-bond donors (Lipinski definition) is 1. The maximum atomic E-state index is 8.78. The van der Waals surface area contributed by atoms with Crippen molar-refractivity contribution < 1.29 is 5.11 Å². The van der Waals surface area contributed by atoms with Gasteiger partial charge in [0.25, 0.3) is 0 Å². The normalized spacial score (nSPS) is 10.0. The van der Waals surface area contributed by atoms with Crippen molar-refractivity contribution in [2.45, 2.75) is 13.2 Å². The third-order valence-electron chi connectivity index (χ3n) is 1.35. The van der Waals surface area contributed by atoms with Crippen molar-refractivity contribution in [2.24, 2.45) is 0 Å². The van der Waals surface area contributed by atoms with E-state index < -0.39 is 0 Å². The summed E-state index contributed by atoms with van der Waals surface area (Å²) in [7, 11) is 4.08. The van der Waals surface area contributed by atoms with Gasteiger partial charge in [0.1, 0.15) is 0 Å². The second kappa shape index (κ2) is 5.54. The van der Waals surface area contributed by atoms with Crippen LogP contribution in [0, 0.1) is 0 Å². The first-order valence-electron chi connectivity index (χ1n) is 3.55. The fourth-order valence-corrected chi connectivity index (χ4v) is 1.90. The molecule has 0 amide bonds. The smallest absolute Gasteiger partial charge is 0.0774 e. The third kappa shape index (κ3) is 3.54. The van der Waals surface area contributed by atoms with Gasteiger partial charge in [-0.15, -0.1) is 23.7 Å². The van der Waals surface area contributed by atoms with Crippen LogP contribution in [0.1, 0.15) is 9.75 Å². The Morgan fingerprint density at radius 3 is 2.33 bits per heavy atom. The number of nitrogens with zero attached hydrogens (tertiary/aromatic N) is 1.